The molecular weight excluding hydrogens is 287 g/mol. The van der Waals surface area contributed by atoms with Crippen molar-refractivity contribution in [1.29, 1.82) is 0 Å². The lowest BCUT2D eigenvalue weighted by Gasteiger charge is -2.25. The summed E-state index contributed by atoms with van der Waals surface area (Å²) in [6, 6.07) is 5.27. The van der Waals surface area contributed by atoms with Gasteiger partial charge in [0.2, 0.25) is 0 Å². The minimum atomic E-state index is -0.817. The van der Waals surface area contributed by atoms with Gasteiger partial charge in [-0.3, -0.25) is 0 Å². The summed E-state index contributed by atoms with van der Waals surface area (Å²) in [6.45, 7) is 0.809. The molecule has 2 amide bonds. The molecule has 0 radical (unpaired) electrons. The first kappa shape index (κ1) is 16.5. The van der Waals surface area contributed by atoms with Crippen LogP contribution < -0.4 is 15.4 Å². The molecule has 2 rings (SSSR count). The number of carbonyl (C=O) groups is 1. The van der Waals surface area contributed by atoms with Gasteiger partial charge in [-0.1, -0.05) is 19.3 Å². The Labute approximate surface area is 129 Å². The molecule has 0 aliphatic heterocycles. The van der Waals surface area contributed by atoms with Crippen molar-refractivity contribution in [3.8, 4) is 5.75 Å². The van der Waals surface area contributed by atoms with Crippen LogP contribution in [0.1, 0.15) is 25.7 Å². The highest BCUT2D eigenvalue weighted by molar-refractivity contribution is 5.73. The fourth-order valence-electron chi connectivity index (χ4n) is 2.23. The van der Waals surface area contributed by atoms with E-state index in [1.807, 2.05) is 0 Å². The quantitative estimate of drug-likeness (QED) is 0.688. The van der Waals surface area contributed by atoms with Gasteiger partial charge in [0.15, 0.2) is 0 Å². The Balaban J connectivity index is 1.53. The number of aliphatic hydroxyl groups excluding tert-OH is 1. The normalized spacial score (nSPS) is 15.7. The Hall–Kier alpha value is -1.82. The number of urea groups is 1. The van der Waals surface area contributed by atoms with Crippen molar-refractivity contribution in [3.05, 3.63) is 30.1 Å². The summed E-state index contributed by atoms with van der Waals surface area (Å²) in [7, 11) is 0. The van der Waals surface area contributed by atoms with Crippen LogP contribution in [0.5, 0.6) is 5.75 Å². The van der Waals surface area contributed by atoms with E-state index in [4.69, 9.17) is 4.74 Å². The van der Waals surface area contributed by atoms with Crippen LogP contribution in [-0.2, 0) is 0 Å². The molecule has 1 aromatic rings. The van der Waals surface area contributed by atoms with E-state index in [9.17, 15) is 14.3 Å². The standard InChI is InChI=1S/C16H23FN2O3/c17-13-4-6-15(7-5-13)22-11-14(20)10-19-16(21)18-9-8-12-2-1-3-12/h4-7,12,14,20H,1-3,8-11H2,(H2,18,19,21). The lowest BCUT2D eigenvalue weighted by Crippen LogP contribution is -2.42. The van der Waals surface area contributed by atoms with Gasteiger partial charge in [-0.05, 0) is 36.6 Å². The molecule has 1 saturated carbocycles. The zero-order valence-corrected chi connectivity index (χ0v) is 12.6. The summed E-state index contributed by atoms with van der Waals surface area (Å²) in [5.74, 6) is 0.897. The Bertz CT molecular complexity index is 463. The van der Waals surface area contributed by atoms with Crippen molar-refractivity contribution in [3.63, 3.8) is 0 Å². The minimum absolute atomic E-state index is 0.0357. The van der Waals surface area contributed by atoms with Crippen molar-refractivity contribution < 1.29 is 19.0 Å². The smallest absolute Gasteiger partial charge is 0.314 e. The number of rotatable bonds is 8. The molecule has 1 aliphatic rings. The number of benzene rings is 1. The number of ether oxygens (including phenoxy) is 1. The third-order valence-corrected chi connectivity index (χ3v) is 3.82. The molecule has 0 saturated heterocycles. The third kappa shape index (κ3) is 5.89. The molecule has 0 spiro atoms. The van der Waals surface area contributed by atoms with E-state index in [2.05, 4.69) is 10.6 Å². The number of amides is 2. The maximum atomic E-state index is 12.7. The molecule has 1 aliphatic carbocycles. The second kappa shape index (κ2) is 8.58. The van der Waals surface area contributed by atoms with E-state index in [-0.39, 0.29) is 25.0 Å². The van der Waals surface area contributed by atoms with Crippen LogP contribution >= 0.6 is 0 Å². The summed E-state index contributed by atoms with van der Waals surface area (Å²) >= 11 is 0. The lowest BCUT2D eigenvalue weighted by atomic mass is 9.83. The molecule has 1 aromatic carbocycles. The van der Waals surface area contributed by atoms with E-state index < -0.39 is 6.10 Å². The van der Waals surface area contributed by atoms with Gasteiger partial charge in [0, 0.05) is 13.1 Å². The molecule has 5 nitrogen and oxygen atoms in total. The van der Waals surface area contributed by atoms with Gasteiger partial charge in [0.1, 0.15) is 24.3 Å². The maximum Gasteiger partial charge on any atom is 0.314 e. The zero-order chi connectivity index (χ0) is 15.8. The highest BCUT2D eigenvalue weighted by atomic mass is 19.1. The van der Waals surface area contributed by atoms with Gasteiger partial charge in [-0.15, -0.1) is 0 Å². The Morgan fingerprint density at radius 1 is 1.32 bits per heavy atom. The van der Waals surface area contributed by atoms with E-state index in [1.165, 1.54) is 43.5 Å². The van der Waals surface area contributed by atoms with Crippen LogP contribution in [0.15, 0.2) is 24.3 Å². The first-order valence-corrected chi connectivity index (χ1v) is 7.71. The van der Waals surface area contributed by atoms with Crippen molar-refractivity contribution in [1.82, 2.24) is 10.6 Å². The molecule has 22 heavy (non-hydrogen) atoms. The van der Waals surface area contributed by atoms with Crippen LogP contribution in [0.4, 0.5) is 9.18 Å². The number of hydrogen-bond acceptors (Lipinski definition) is 3. The highest BCUT2D eigenvalue weighted by Crippen LogP contribution is 2.28. The Morgan fingerprint density at radius 3 is 2.68 bits per heavy atom. The summed E-state index contributed by atoms with van der Waals surface area (Å²) in [6.07, 6.45) is 4.04. The Morgan fingerprint density at radius 2 is 2.05 bits per heavy atom. The molecule has 6 heteroatoms. The molecular formula is C16H23FN2O3. The topological polar surface area (TPSA) is 70.6 Å². The molecule has 1 atom stereocenters. The first-order chi connectivity index (χ1) is 10.6. The molecule has 1 unspecified atom stereocenters. The van der Waals surface area contributed by atoms with Gasteiger partial charge in [0.25, 0.3) is 0 Å². The van der Waals surface area contributed by atoms with Crippen LogP contribution in [0.3, 0.4) is 0 Å². The SMILES string of the molecule is O=C(NCCC1CCC1)NCC(O)COc1ccc(F)cc1. The number of aliphatic hydroxyl groups is 1. The number of nitrogens with one attached hydrogen (secondary N) is 2. The fourth-order valence-corrected chi connectivity index (χ4v) is 2.23. The second-order valence-corrected chi connectivity index (χ2v) is 5.64. The minimum Gasteiger partial charge on any atom is -0.491 e. The van der Waals surface area contributed by atoms with Gasteiger partial charge in [0.05, 0.1) is 0 Å². The van der Waals surface area contributed by atoms with Crippen LogP contribution in [0.25, 0.3) is 0 Å². The predicted octanol–water partition coefficient (Wildman–Crippen LogP) is 2.05. The Kier molecular flexibility index (Phi) is 6.45. The number of carbonyl (C=O) groups excluding carboxylic acids is 1. The van der Waals surface area contributed by atoms with E-state index >= 15 is 0 Å². The van der Waals surface area contributed by atoms with Crippen molar-refractivity contribution in [2.24, 2.45) is 5.92 Å². The molecule has 3 N–H and O–H groups in total. The zero-order valence-electron chi connectivity index (χ0n) is 12.6. The summed E-state index contributed by atoms with van der Waals surface area (Å²) in [5, 5.41) is 15.1. The van der Waals surface area contributed by atoms with Gasteiger partial charge >= 0.3 is 6.03 Å². The summed E-state index contributed by atoms with van der Waals surface area (Å²) in [5.41, 5.74) is 0. The maximum absolute atomic E-state index is 12.7. The van der Waals surface area contributed by atoms with Crippen LogP contribution in [0.2, 0.25) is 0 Å². The average Bonchev–Trinajstić information content (AvgIpc) is 2.47. The van der Waals surface area contributed by atoms with Gasteiger partial charge < -0.3 is 20.5 Å². The van der Waals surface area contributed by atoms with Crippen LogP contribution in [-0.4, -0.2) is 36.9 Å². The molecule has 0 bridgehead atoms. The average molecular weight is 310 g/mol. The highest BCUT2D eigenvalue weighted by Gasteiger charge is 2.16. The predicted molar refractivity (Wildman–Crippen MR) is 81.3 cm³/mol. The van der Waals surface area contributed by atoms with Crippen molar-refractivity contribution in [2.75, 3.05) is 19.7 Å². The summed E-state index contributed by atoms with van der Waals surface area (Å²) < 4.78 is 18.0. The molecule has 122 valence electrons. The largest absolute Gasteiger partial charge is 0.491 e. The summed E-state index contributed by atoms with van der Waals surface area (Å²) in [4.78, 5) is 11.5. The van der Waals surface area contributed by atoms with E-state index in [1.54, 1.807) is 0 Å². The van der Waals surface area contributed by atoms with E-state index in [0.717, 1.165) is 12.3 Å². The monoisotopic (exact) mass is 310 g/mol. The molecule has 0 aromatic heterocycles. The molecule has 0 heterocycles. The second-order valence-electron chi connectivity index (χ2n) is 5.64. The fraction of sp³-hybridized carbons (Fsp3) is 0.562. The van der Waals surface area contributed by atoms with Gasteiger partial charge in [-0.2, -0.15) is 0 Å². The van der Waals surface area contributed by atoms with Gasteiger partial charge in [-0.25, -0.2) is 9.18 Å². The van der Waals surface area contributed by atoms with Crippen molar-refractivity contribution >= 4 is 6.03 Å². The number of halogens is 1. The first-order valence-electron chi connectivity index (χ1n) is 7.71. The lowest BCUT2D eigenvalue weighted by molar-refractivity contribution is 0.107. The molecule has 1 fully saturated rings. The van der Waals surface area contributed by atoms with Crippen molar-refractivity contribution in [2.45, 2.75) is 31.8 Å². The van der Waals surface area contributed by atoms with Crippen LogP contribution in [0, 0.1) is 11.7 Å². The third-order valence-electron chi connectivity index (χ3n) is 3.82. The van der Waals surface area contributed by atoms with E-state index in [0.29, 0.717) is 12.3 Å². The number of hydrogen-bond donors (Lipinski definition) is 3.